The summed E-state index contributed by atoms with van der Waals surface area (Å²) in [5.74, 6) is -1.17. The molecule has 0 aliphatic rings. The zero-order valence-electron chi connectivity index (χ0n) is 22.9. The first-order chi connectivity index (χ1) is 19.9. The maximum absolute atomic E-state index is 13.9. The zero-order valence-corrected chi connectivity index (χ0v) is 22.9. The SMILES string of the molecule is CCCN(CCO)CCCOc1cc2ncnc(Nc3cnn(CC(=O)Nc4cccc(F)c4F)c3)c2cc1OC. The minimum Gasteiger partial charge on any atom is -0.493 e. The van der Waals surface area contributed by atoms with Crippen LogP contribution in [0.15, 0.2) is 49.1 Å². The molecule has 2 aromatic heterocycles. The Bertz CT molecular complexity index is 1460. The Labute approximate surface area is 236 Å². The van der Waals surface area contributed by atoms with Gasteiger partial charge in [-0.3, -0.25) is 9.48 Å². The van der Waals surface area contributed by atoms with Crippen LogP contribution in [0.25, 0.3) is 10.9 Å². The fourth-order valence-electron chi connectivity index (χ4n) is 4.29. The number of carbonyl (C=O) groups excluding carboxylic acids is 1. The van der Waals surface area contributed by atoms with E-state index in [2.05, 4.69) is 37.5 Å². The van der Waals surface area contributed by atoms with E-state index in [0.29, 0.717) is 47.1 Å². The summed E-state index contributed by atoms with van der Waals surface area (Å²) in [5.41, 5.74) is 0.939. The second kappa shape index (κ2) is 14.3. The Morgan fingerprint density at radius 1 is 1.15 bits per heavy atom. The number of anilines is 3. The third-order valence-electron chi connectivity index (χ3n) is 6.18. The molecule has 0 radical (unpaired) electrons. The van der Waals surface area contributed by atoms with Crippen LogP contribution in [0.2, 0.25) is 0 Å². The summed E-state index contributed by atoms with van der Waals surface area (Å²) in [7, 11) is 1.56. The lowest BCUT2D eigenvalue weighted by atomic mass is 10.2. The van der Waals surface area contributed by atoms with Gasteiger partial charge in [0.2, 0.25) is 5.91 Å². The molecule has 3 N–H and O–H groups in total. The Morgan fingerprint density at radius 2 is 2.00 bits per heavy atom. The van der Waals surface area contributed by atoms with Gasteiger partial charge in [-0.25, -0.2) is 18.7 Å². The Balaban J connectivity index is 1.40. The largest absolute Gasteiger partial charge is 0.493 e. The fraction of sp³-hybridized carbons (Fsp3) is 0.357. The molecule has 218 valence electrons. The average molecular weight is 570 g/mol. The molecule has 2 heterocycles. The maximum Gasteiger partial charge on any atom is 0.246 e. The number of carbonyl (C=O) groups is 1. The van der Waals surface area contributed by atoms with Crippen molar-refractivity contribution in [2.45, 2.75) is 26.3 Å². The number of amides is 1. The van der Waals surface area contributed by atoms with Crippen molar-refractivity contribution in [1.82, 2.24) is 24.6 Å². The van der Waals surface area contributed by atoms with Gasteiger partial charge in [0.1, 0.15) is 18.7 Å². The summed E-state index contributed by atoms with van der Waals surface area (Å²) in [6.07, 6.45) is 6.32. The van der Waals surface area contributed by atoms with E-state index in [0.717, 1.165) is 32.0 Å². The second-order valence-electron chi connectivity index (χ2n) is 9.21. The lowest BCUT2D eigenvalue weighted by Crippen LogP contribution is -2.29. The number of methoxy groups -OCH3 is 1. The van der Waals surface area contributed by atoms with Crippen LogP contribution in [0.1, 0.15) is 19.8 Å². The van der Waals surface area contributed by atoms with Gasteiger partial charge >= 0.3 is 0 Å². The molecule has 41 heavy (non-hydrogen) atoms. The number of hydrogen-bond donors (Lipinski definition) is 3. The highest BCUT2D eigenvalue weighted by molar-refractivity contribution is 5.93. The van der Waals surface area contributed by atoms with Crippen molar-refractivity contribution >= 4 is 34.0 Å². The molecule has 0 saturated heterocycles. The molecule has 13 heteroatoms. The van der Waals surface area contributed by atoms with Crippen molar-refractivity contribution in [2.24, 2.45) is 0 Å². The highest BCUT2D eigenvalue weighted by atomic mass is 19.2. The number of fused-ring (bicyclic) bond motifs is 1. The summed E-state index contributed by atoms with van der Waals surface area (Å²) in [6.45, 7) is 4.88. The first kappa shape index (κ1) is 29.6. The molecule has 0 unspecified atom stereocenters. The molecule has 0 aliphatic heterocycles. The molecular weight excluding hydrogens is 536 g/mol. The highest BCUT2D eigenvalue weighted by Gasteiger charge is 2.15. The van der Waals surface area contributed by atoms with Crippen molar-refractivity contribution in [3.63, 3.8) is 0 Å². The fourth-order valence-corrected chi connectivity index (χ4v) is 4.29. The molecular formula is C28H33F2N7O4. The molecule has 0 spiro atoms. The standard InChI is InChI=1S/C28H33F2N7O4/c1-3-8-36(10-11-38)9-5-12-41-25-14-23-20(13-24(25)40-2)28(32-18-31-23)34-19-15-33-37(16-19)17-26(39)35-22-7-4-6-21(29)27(22)30/h4,6-7,13-16,18,38H,3,5,8-12,17H2,1-2H3,(H,35,39)(H,31,32,34). The summed E-state index contributed by atoms with van der Waals surface area (Å²) in [5, 5.41) is 19.6. The van der Waals surface area contributed by atoms with E-state index in [9.17, 15) is 18.7 Å². The van der Waals surface area contributed by atoms with E-state index < -0.39 is 17.5 Å². The molecule has 1 amide bonds. The Morgan fingerprint density at radius 3 is 2.78 bits per heavy atom. The van der Waals surface area contributed by atoms with Crippen LogP contribution in [0.4, 0.5) is 26.0 Å². The second-order valence-corrected chi connectivity index (χ2v) is 9.21. The van der Waals surface area contributed by atoms with E-state index in [-0.39, 0.29) is 18.8 Å². The quantitative estimate of drug-likeness (QED) is 0.182. The van der Waals surface area contributed by atoms with E-state index in [1.165, 1.54) is 29.3 Å². The van der Waals surface area contributed by atoms with Gasteiger partial charge in [0, 0.05) is 30.7 Å². The summed E-state index contributed by atoms with van der Waals surface area (Å²) < 4.78 is 40.2. The first-order valence-corrected chi connectivity index (χ1v) is 13.2. The van der Waals surface area contributed by atoms with Crippen molar-refractivity contribution in [3.05, 3.63) is 60.7 Å². The van der Waals surface area contributed by atoms with Crippen LogP contribution in [0.3, 0.4) is 0 Å². The number of halogens is 2. The number of nitrogens with zero attached hydrogens (tertiary/aromatic N) is 5. The molecule has 0 saturated carbocycles. The lowest BCUT2D eigenvalue weighted by Gasteiger charge is -2.20. The minimum atomic E-state index is -1.13. The Hall–Kier alpha value is -4.36. The molecule has 0 atom stereocenters. The van der Waals surface area contributed by atoms with Crippen molar-refractivity contribution < 1.29 is 28.2 Å². The van der Waals surface area contributed by atoms with Gasteiger partial charge in [0.15, 0.2) is 23.1 Å². The summed E-state index contributed by atoms with van der Waals surface area (Å²) >= 11 is 0. The van der Waals surface area contributed by atoms with Crippen LogP contribution >= 0.6 is 0 Å². The Kier molecular flexibility index (Phi) is 10.3. The van der Waals surface area contributed by atoms with Crippen LogP contribution in [-0.2, 0) is 11.3 Å². The molecule has 0 aliphatic carbocycles. The topological polar surface area (TPSA) is 127 Å². The van der Waals surface area contributed by atoms with Crippen molar-refractivity contribution in [2.75, 3.05) is 50.6 Å². The third kappa shape index (κ3) is 7.86. The third-order valence-corrected chi connectivity index (χ3v) is 6.18. The number of aliphatic hydroxyl groups is 1. The van der Waals surface area contributed by atoms with Crippen LogP contribution in [-0.4, -0.2) is 75.6 Å². The molecule has 4 aromatic rings. The predicted molar refractivity (Wildman–Crippen MR) is 151 cm³/mol. The maximum atomic E-state index is 13.9. The number of benzene rings is 2. The number of nitrogens with one attached hydrogen (secondary N) is 2. The summed E-state index contributed by atoms with van der Waals surface area (Å²) in [4.78, 5) is 23.2. The van der Waals surface area contributed by atoms with Crippen molar-refractivity contribution in [3.8, 4) is 11.5 Å². The number of hydrogen-bond acceptors (Lipinski definition) is 9. The van der Waals surface area contributed by atoms with E-state index in [1.807, 2.05) is 0 Å². The van der Waals surface area contributed by atoms with Crippen LogP contribution < -0.4 is 20.1 Å². The molecule has 0 fully saturated rings. The first-order valence-electron chi connectivity index (χ1n) is 13.2. The smallest absolute Gasteiger partial charge is 0.246 e. The molecule has 2 aromatic carbocycles. The van der Waals surface area contributed by atoms with Gasteiger partial charge < -0.3 is 30.1 Å². The van der Waals surface area contributed by atoms with E-state index in [1.54, 1.807) is 25.4 Å². The van der Waals surface area contributed by atoms with Crippen LogP contribution in [0.5, 0.6) is 11.5 Å². The van der Waals surface area contributed by atoms with Gasteiger partial charge in [-0.1, -0.05) is 13.0 Å². The highest BCUT2D eigenvalue weighted by Crippen LogP contribution is 2.34. The minimum absolute atomic E-state index is 0.128. The predicted octanol–water partition coefficient (Wildman–Crippen LogP) is 3.97. The molecule has 11 nitrogen and oxygen atoms in total. The number of aliphatic hydroxyl groups excluding tert-OH is 1. The van der Waals surface area contributed by atoms with E-state index >= 15 is 0 Å². The molecule has 0 bridgehead atoms. The monoisotopic (exact) mass is 569 g/mol. The number of aromatic nitrogens is 4. The average Bonchev–Trinajstić information content (AvgIpc) is 3.39. The van der Waals surface area contributed by atoms with Gasteiger partial charge in [-0.2, -0.15) is 5.10 Å². The lowest BCUT2D eigenvalue weighted by molar-refractivity contribution is -0.116. The van der Waals surface area contributed by atoms with Crippen molar-refractivity contribution in [1.29, 1.82) is 0 Å². The van der Waals surface area contributed by atoms with Gasteiger partial charge in [0.25, 0.3) is 0 Å². The number of rotatable bonds is 15. The van der Waals surface area contributed by atoms with Gasteiger partial charge in [-0.05, 0) is 37.6 Å². The number of ether oxygens (including phenoxy) is 2. The summed E-state index contributed by atoms with van der Waals surface area (Å²) in [6, 6.07) is 7.13. The van der Waals surface area contributed by atoms with E-state index in [4.69, 9.17) is 9.47 Å². The zero-order chi connectivity index (χ0) is 29.2. The normalized spacial score (nSPS) is 11.2. The molecule has 4 rings (SSSR count). The van der Waals surface area contributed by atoms with Gasteiger partial charge in [-0.15, -0.1) is 0 Å². The van der Waals surface area contributed by atoms with Crippen LogP contribution in [0, 0.1) is 11.6 Å². The van der Waals surface area contributed by atoms with Gasteiger partial charge in [0.05, 0.1) is 43.4 Å².